The third-order valence-corrected chi connectivity index (χ3v) is 6.86. The minimum Gasteiger partial charge on any atom is -0.456 e. The van der Waals surface area contributed by atoms with Crippen molar-refractivity contribution in [3.05, 3.63) is 51.4 Å². The Kier molecular flexibility index (Phi) is 6.36. The molecule has 2 aliphatic rings. The molecule has 0 saturated carbocycles. The van der Waals surface area contributed by atoms with E-state index in [1.165, 1.54) is 16.2 Å². The minimum atomic E-state index is -0.742. The number of esters is 1. The second-order valence-electron chi connectivity index (χ2n) is 11.0. The second-order valence-corrected chi connectivity index (χ2v) is 12.1. The van der Waals surface area contributed by atoms with Gasteiger partial charge in [-0.3, -0.25) is 19.4 Å². The predicted molar refractivity (Wildman–Crippen MR) is 135 cm³/mol. The van der Waals surface area contributed by atoms with E-state index in [0.29, 0.717) is 21.7 Å². The van der Waals surface area contributed by atoms with Gasteiger partial charge in [0.25, 0.3) is 11.8 Å². The number of ether oxygens (including phenoxy) is 2. The molecular weight excluding hydrogens is 482 g/mol. The Morgan fingerprint density at radius 2 is 1.56 bits per heavy atom. The monoisotopic (exact) mass is 513 g/mol. The number of rotatable bonds is 3. The summed E-state index contributed by atoms with van der Waals surface area (Å²) in [5.74, 6) is -1.37. The number of imide groups is 1. The number of hydrogen-bond acceptors (Lipinski definition) is 8. The normalized spacial score (nSPS) is 17.7. The zero-order valence-electron chi connectivity index (χ0n) is 21.3. The van der Waals surface area contributed by atoms with Crippen molar-refractivity contribution in [1.29, 1.82) is 0 Å². The predicted octanol–water partition coefficient (Wildman–Crippen LogP) is 4.24. The number of benzene rings is 1. The van der Waals surface area contributed by atoms with Crippen LogP contribution >= 0.6 is 11.3 Å². The highest BCUT2D eigenvalue weighted by Gasteiger charge is 2.42. The van der Waals surface area contributed by atoms with Gasteiger partial charge in [-0.2, -0.15) is 0 Å². The van der Waals surface area contributed by atoms with Crippen molar-refractivity contribution in [3.8, 4) is 0 Å². The smallest absolute Gasteiger partial charge is 0.410 e. The van der Waals surface area contributed by atoms with Crippen LogP contribution < -0.4 is 5.73 Å². The fourth-order valence-corrected chi connectivity index (χ4v) is 5.46. The summed E-state index contributed by atoms with van der Waals surface area (Å²) in [6, 6.07) is 6.01. The molecule has 0 radical (unpaired) electrons. The minimum absolute atomic E-state index is 0.0471. The third kappa shape index (κ3) is 4.95. The number of fused-ring (bicyclic) bond motifs is 2. The molecule has 0 aliphatic carbocycles. The summed E-state index contributed by atoms with van der Waals surface area (Å²) in [6.45, 7) is 10.7. The molecule has 3 heterocycles. The van der Waals surface area contributed by atoms with Crippen molar-refractivity contribution < 1.29 is 28.7 Å². The Balaban J connectivity index is 1.69. The van der Waals surface area contributed by atoms with Gasteiger partial charge < -0.3 is 15.2 Å². The maximum atomic E-state index is 13.2. The van der Waals surface area contributed by atoms with E-state index in [1.807, 2.05) is 0 Å². The molecule has 2 aliphatic heterocycles. The fraction of sp³-hybridized carbons (Fsp3) is 0.462. The molecule has 0 spiro atoms. The number of carbonyl (C=O) groups excluding carboxylic acids is 4. The van der Waals surface area contributed by atoms with Crippen molar-refractivity contribution in [2.45, 2.75) is 71.8 Å². The van der Waals surface area contributed by atoms with Gasteiger partial charge in [0.05, 0.1) is 35.8 Å². The van der Waals surface area contributed by atoms with E-state index in [4.69, 9.17) is 15.2 Å². The Morgan fingerprint density at radius 1 is 1.00 bits per heavy atom. The van der Waals surface area contributed by atoms with Gasteiger partial charge in [0, 0.05) is 4.88 Å². The fourth-order valence-electron chi connectivity index (χ4n) is 4.37. The van der Waals surface area contributed by atoms with Crippen molar-refractivity contribution >= 4 is 40.2 Å². The van der Waals surface area contributed by atoms with Gasteiger partial charge in [0.2, 0.25) is 0 Å². The van der Waals surface area contributed by atoms with Crippen LogP contribution in [0.4, 0.5) is 9.80 Å². The quantitative estimate of drug-likeness (QED) is 0.481. The molecule has 36 heavy (non-hydrogen) atoms. The van der Waals surface area contributed by atoms with E-state index in [0.717, 1.165) is 9.78 Å². The molecule has 3 amide bonds. The Hall–Kier alpha value is -3.40. The molecule has 2 aromatic rings. The summed E-state index contributed by atoms with van der Waals surface area (Å²) in [5, 5.41) is 0.305. The first-order chi connectivity index (χ1) is 16.7. The van der Waals surface area contributed by atoms with Gasteiger partial charge in [0.15, 0.2) is 0 Å². The van der Waals surface area contributed by atoms with Crippen molar-refractivity contribution in [2.75, 3.05) is 12.3 Å². The van der Waals surface area contributed by atoms with E-state index in [1.54, 1.807) is 65.8 Å². The van der Waals surface area contributed by atoms with Crippen LogP contribution in [0.25, 0.3) is 0 Å². The van der Waals surface area contributed by atoms with E-state index in [2.05, 4.69) is 0 Å². The highest BCUT2D eigenvalue weighted by atomic mass is 32.1. The van der Waals surface area contributed by atoms with Crippen LogP contribution in [0.1, 0.15) is 83.1 Å². The van der Waals surface area contributed by atoms with Crippen LogP contribution in [0.15, 0.2) is 24.3 Å². The summed E-state index contributed by atoms with van der Waals surface area (Å²) in [6.07, 6.45) is -0.356. The number of anilines is 1. The van der Waals surface area contributed by atoms with Gasteiger partial charge in [-0.15, -0.1) is 11.3 Å². The number of nitrogens with zero attached hydrogens (tertiary/aromatic N) is 2. The van der Waals surface area contributed by atoms with Crippen LogP contribution in [-0.2, 0) is 22.4 Å². The van der Waals surface area contributed by atoms with Gasteiger partial charge in [-0.25, -0.2) is 9.59 Å². The zero-order valence-corrected chi connectivity index (χ0v) is 22.2. The molecule has 1 aromatic heterocycles. The number of amides is 3. The lowest BCUT2D eigenvalue weighted by Crippen LogP contribution is -2.52. The molecule has 0 unspecified atom stereocenters. The third-order valence-electron chi connectivity index (χ3n) is 5.81. The zero-order chi connectivity index (χ0) is 26.6. The maximum absolute atomic E-state index is 13.2. The molecule has 1 atom stereocenters. The standard InChI is InChI=1S/C26H31N3O6S/c1-25(2,3)34-23(32)19-17-11-14(12-29-21(30)15-9-7-8-10-16(15)22(29)31)28(13-18(17)36-20(19)27)24(33)35-26(4,5)6/h7-10,14H,11-13,27H2,1-6H3/t14-/m0/s1. The van der Waals surface area contributed by atoms with Crippen molar-refractivity contribution in [1.82, 2.24) is 9.80 Å². The molecule has 4 rings (SSSR count). The lowest BCUT2D eigenvalue weighted by atomic mass is 9.96. The van der Waals surface area contributed by atoms with E-state index >= 15 is 0 Å². The number of hydrogen-bond donors (Lipinski definition) is 1. The van der Waals surface area contributed by atoms with Crippen LogP contribution in [0, 0.1) is 0 Å². The van der Waals surface area contributed by atoms with Gasteiger partial charge in [-0.1, -0.05) is 12.1 Å². The van der Waals surface area contributed by atoms with Crippen LogP contribution in [0.5, 0.6) is 0 Å². The van der Waals surface area contributed by atoms with Gasteiger partial charge in [-0.05, 0) is 65.7 Å². The molecule has 0 saturated heterocycles. The largest absolute Gasteiger partial charge is 0.456 e. The van der Waals surface area contributed by atoms with Gasteiger partial charge in [0.1, 0.15) is 16.2 Å². The van der Waals surface area contributed by atoms with Crippen molar-refractivity contribution in [2.24, 2.45) is 0 Å². The average Bonchev–Trinajstić information content (AvgIpc) is 3.19. The van der Waals surface area contributed by atoms with Crippen LogP contribution in [0.3, 0.4) is 0 Å². The summed E-state index contributed by atoms with van der Waals surface area (Å²) >= 11 is 1.23. The Morgan fingerprint density at radius 3 is 2.08 bits per heavy atom. The summed E-state index contributed by atoms with van der Waals surface area (Å²) < 4.78 is 11.2. The molecule has 10 heteroatoms. The average molecular weight is 514 g/mol. The first kappa shape index (κ1) is 25.7. The number of thiophene rings is 1. The lowest BCUT2D eigenvalue weighted by Gasteiger charge is -2.38. The highest BCUT2D eigenvalue weighted by Crippen LogP contribution is 2.39. The highest BCUT2D eigenvalue weighted by molar-refractivity contribution is 7.16. The second kappa shape index (κ2) is 8.92. The molecule has 9 nitrogen and oxygen atoms in total. The van der Waals surface area contributed by atoms with Crippen LogP contribution in [0.2, 0.25) is 0 Å². The molecule has 1 aromatic carbocycles. The Labute approximate surface area is 214 Å². The molecule has 192 valence electrons. The summed E-state index contributed by atoms with van der Waals surface area (Å²) in [7, 11) is 0. The topological polar surface area (TPSA) is 119 Å². The number of carbonyl (C=O) groups is 4. The van der Waals surface area contributed by atoms with E-state index < -0.39 is 41.1 Å². The van der Waals surface area contributed by atoms with E-state index in [-0.39, 0.29) is 25.1 Å². The van der Waals surface area contributed by atoms with Crippen LogP contribution in [-0.4, -0.2) is 57.5 Å². The molecule has 2 N–H and O–H groups in total. The lowest BCUT2D eigenvalue weighted by molar-refractivity contribution is 0.00603. The first-order valence-corrected chi connectivity index (χ1v) is 12.6. The molecule has 0 bridgehead atoms. The van der Waals surface area contributed by atoms with E-state index in [9.17, 15) is 19.2 Å². The van der Waals surface area contributed by atoms with Gasteiger partial charge >= 0.3 is 12.1 Å². The molecule has 0 fully saturated rings. The summed E-state index contributed by atoms with van der Waals surface area (Å²) in [5.41, 5.74) is 6.40. The number of nitrogens with two attached hydrogens (primary N) is 1. The van der Waals surface area contributed by atoms with Crippen molar-refractivity contribution in [3.63, 3.8) is 0 Å². The molecular formula is C26H31N3O6S. The first-order valence-electron chi connectivity index (χ1n) is 11.7. The number of nitrogen functional groups attached to an aromatic ring is 1. The maximum Gasteiger partial charge on any atom is 0.410 e. The Bertz CT molecular complexity index is 1220. The summed E-state index contributed by atoms with van der Waals surface area (Å²) in [4.78, 5) is 55.7. The SMILES string of the molecule is CC(C)(C)OC(=O)c1c(N)sc2c1C[C@@H](CN1C(=O)c3ccccc3C1=O)N(C(=O)OC(C)(C)C)C2.